The Kier molecular flexibility index (Phi) is 2.52. The average molecular weight is 257 g/mol. The van der Waals surface area contributed by atoms with Crippen molar-refractivity contribution in [3.63, 3.8) is 0 Å². The molecule has 0 aliphatic heterocycles. The van der Waals surface area contributed by atoms with Gasteiger partial charge in [-0.25, -0.2) is 0 Å². The number of hydrogen-bond acceptors (Lipinski definition) is 3. The molecule has 0 saturated carbocycles. The summed E-state index contributed by atoms with van der Waals surface area (Å²) in [5.41, 5.74) is 2.98. The SMILES string of the molecule is Cc1cc(C)[n+]2c(O)c(-c3ccccc3)sc2n1. The predicted molar refractivity (Wildman–Crippen MR) is 71.8 cm³/mol. The number of hydrogen-bond donors (Lipinski definition) is 1. The summed E-state index contributed by atoms with van der Waals surface area (Å²) in [5, 5.41) is 10.3. The highest BCUT2D eigenvalue weighted by Crippen LogP contribution is 2.33. The molecule has 0 radical (unpaired) electrons. The van der Waals surface area contributed by atoms with Gasteiger partial charge in [0.25, 0.3) is 0 Å². The maximum Gasteiger partial charge on any atom is 0.391 e. The van der Waals surface area contributed by atoms with Crippen LogP contribution in [0.15, 0.2) is 36.4 Å². The van der Waals surface area contributed by atoms with E-state index in [9.17, 15) is 5.11 Å². The van der Waals surface area contributed by atoms with Crippen LogP contribution in [-0.4, -0.2) is 10.1 Å². The van der Waals surface area contributed by atoms with E-state index in [1.165, 1.54) is 11.3 Å². The Morgan fingerprint density at radius 1 is 1.17 bits per heavy atom. The van der Waals surface area contributed by atoms with Crippen molar-refractivity contribution in [3.05, 3.63) is 47.8 Å². The van der Waals surface area contributed by atoms with E-state index in [0.29, 0.717) is 0 Å². The van der Waals surface area contributed by atoms with Crippen molar-refractivity contribution in [1.29, 1.82) is 0 Å². The number of aryl methyl sites for hydroxylation is 2. The lowest BCUT2D eigenvalue weighted by atomic mass is 10.2. The molecule has 3 rings (SSSR count). The first kappa shape index (κ1) is 11.2. The molecule has 90 valence electrons. The van der Waals surface area contributed by atoms with Gasteiger partial charge in [-0.15, -0.1) is 0 Å². The van der Waals surface area contributed by atoms with Gasteiger partial charge >= 0.3 is 10.8 Å². The van der Waals surface area contributed by atoms with Crippen molar-refractivity contribution < 1.29 is 9.51 Å². The lowest BCUT2D eigenvalue weighted by Gasteiger charge is -1.95. The molecular weight excluding hydrogens is 244 g/mol. The summed E-state index contributed by atoms with van der Waals surface area (Å²) in [6.45, 7) is 3.94. The standard InChI is InChI=1S/C14H12N2OS/c1-9-8-10(2)16-13(17)12(18-14(16)15-9)11-6-4-3-5-7-11/h3-8H,1-2H3/p+1. The van der Waals surface area contributed by atoms with E-state index in [-0.39, 0.29) is 5.88 Å². The van der Waals surface area contributed by atoms with Crippen LogP contribution in [0.5, 0.6) is 5.88 Å². The van der Waals surface area contributed by atoms with E-state index < -0.39 is 0 Å². The summed E-state index contributed by atoms with van der Waals surface area (Å²) in [6, 6.07) is 11.9. The molecule has 2 heterocycles. The summed E-state index contributed by atoms with van der Waals surface area (Å²) >= 11 is 1.51. The van der Waals surface area contributed by atoms with Crippen molar-refractivity contribution >= 4 is 16.3 Å². The van der Waals surface area contributed by atoms with Gasteiger partial charge in [0.05, 0.1) is 0 Å². The van der Waals surface area contributed by atoms with Crippen LogP contribution < -0.4 is 4.40 Å². The van der Waals surface area contributed by atoms with Crippen molar-refractivity contribution in [1.82, 2.24) is 4.98 Å². The molecule has 3 nitrogen and oxygen atoms in total. The van der Waals surface area contributed by atoms with Crippen LogP contribution in [0, 0.1) is 13.8 Å². The number of aromatic nitrogens is 2. The molecule has 0 bridgehead atoms. The third-order valence-electron chi connectivity index (χ3n) is 2.88. The van der Waals surface area contributed by atoms with Gasteiger partial charge in [0.15, 0.2) is 5.69 Å². The molecular formula is C14H13N2OS+. The summed E-state index contributed by atoms with van der Waals surface area (Å²) in [7, 11) is 0. The third kappa shape index (κ3) is 1.66. The minimum Gasteiger partial charge on any atom is -0.476 e. The summed E-state index contributed by atoms with van der Waals surface area (Å²) < 4.78 is 1.79. The van der Waals surface area contributed by atoms with Gasteiger partial charge in [0.2, 0.25) is 0 Å². The molecule has 0 aliphatic carbocycles. The van der Waals surface area contributed by atoms with E-state index in [1.807, 2.05) is 50.2 Å². The topological polar surface area (TPSA) is 37.2 Å². The Hall–Kier alpha value is -1.94. The van der Waals surface area contributed by atoms with E-state index in [0.717, 1.165) is 26.8 Å². The molecule has 0 fully saturated rings. The van der Waals surface area contributed by atoms with Gasteiger partial charge in [-0.1, -0.05) is 30.3 Å². The van der Waals surface area contributed by atoms with Crippen molar-refractivity contribution in [3.8, 4) is 16.3 Å². The third-order valence-corrected chi connectivity index (χ3v) is 3.96. The molecule has 4 heteroatoms. The maximum atomic E-state index is 10.3. The predicted octanol–water partition coefficient (Wildman–Crippen LogP) is 2.87. The Morgan fingerprint density at radius 3 is 2.61 bits per heavy atom. The zero-order chi connectivity index (χ0) is 12.7. The molecule has 0 unspecified atom stereocenters. The lowest BCUT2D eigenvalue weighted by Crippen LogP contribution is -2.24. The fourth-order valence-corrected chi connectivity index (χ4v) is 3.22. The second-order valence-corrected chi connectivity index (χ2v) is 5.26. The monoisotopic (exact) mass is 257 g/mol. The van der Waals surface area contributed by atoms with E-state index in [4.69, 9.17) is 0 Å². The number of aromatic hydroxyl groups is 1. The van der Waals surface area contributed by atoms with Crippen molar-refractivity contribution in [2.75, 3.05) is 0 Å². The van der Waals surface area contributed by atoms with Crippen LogP contribution in [0.4, 0.5) is 0 Å². The van der Waals surface area contributed by atoms with E-state index in [2.05, 4.69) is 4.98 Å². The van der Waals surface area contributed by atoms with Gasteiger partial charge in [0.1, 0.15) is 10.6 Å². The molecule has 0 saturated heterocycles. The van der Waals surface area contributed by atoms with Crippen LogP contribution in [0.25, 0.3) is 15.4 Å². The molecule has 0 amide bonds. The molecule has 1 aromatic carbocycles. The molecule has 2 aromatic heterocycles. The number of nitrogens with zero attached hydrogens (tertiary/aromatic N) is 2. The highest BCUT2D eigenvalue weighted by Gasteiger charge is 2.22. The first-order valence-electron chi connectivity index (χ1n) is 5.74. The molecule has 0 aliphatic rings. The van der Waals surface area contributed by atoms with E-state index >= 15 is 0 Å². The summed E-state index contributed by atoms with van der Waals surface area (Å²) in [4.78, 5) is 6.15. The summed E-state index contributed by atoms with van der Waals surface area (Å²) in [6.07, 6.45) is 0. The number of benzene rings is 1. The average Bonchev–Trinajstić information content (AvgIpc) is 2.67. The van der Waals surface area contributed by atoms with Crippen LogP contribution in [0.1, 0.15) is 11.4 Å². The highest BCUT2D eigenvalue weighted by molar-refractivity contribution is 7.20. The molecule has 3 aromatic rings. The largest absolute Gasteiger partial charge is 0.476 e. The zero-order valence-corrected chi connectivity index (χ0v) is 11.0. The van der Waals surface area contributed by atoms with Crippen molar-refractivity contribution in [2.45, 2.75) is 13.8 Å². The first-order valence-corrected chi connectivity index (χ1v) is 6.55. The minimum absolute atomic E-state index is 0.270. The smallest absolute Gasteiger partial charge is 0.391 e. The first-order chi connectivity index (χ1) is 8.66. The van der Waals surface area contributed by atoms with Gasteiger partial charge in [-0.3, -0.25) is 0 Å². The Bertz CT molecular complexity index is 719. The minimum atomic E-state index is 0.270. The molecule has 18 heavy (non-hydrogen) atoms. The highest BCUT2D eigenvalue weighted by atomic mass is 32.1. The molecule has 0 atom stereocenters. The number of fused-ring (bicyclic) bond motifs is 1. The van der Waals surface area contributed by atoms with Crippen molar-refractivity contribution in [2.24, 2.45) is 0 Å². The Balaban J connectivity index is 2.33. The lowest BCUT2D eigenvalue weighted by molar-refractivity contribution is -0.527. The number of thiazole rings is 1. The second kappa shape index (κ2) is 4.07. The second-order valence-electron chi connectivity index (χ2n) is 4.28. The van der Waals surface area contributed by atoms with Crippen LogP contribution in [0.2, 0.25) is 0 Å². The fourth-order valence-electron chi connectivity index (χ4n) is 2.09. The zero-order valence-electron chi connectivity index (χ0n) is 10.2. The van der Waals surface area contributed by atoms with E-state index in [1.54, 1.807) is 4.40 Å². The quantitative estimate of drug-likeness (QED) is 0.681. The Morgan fingerprint density at radius 2 is 1.89 bits per heavy atom. The van der Waals surface area contributed by atoms with Crippen LogP contribution >= 0.6 is 11.3 Å². The maximum absolute atomic E-state index is 10.3. The Labute approximate surface area is 109 Å². The van der Waals surface area contributed by atoms with Crippen LogP contribution in [-0.2, 0) is 0 Å². The number of rotatable bonds is 1. The molecule has 1 N–H and O–H groups in total. The van der Waals surface area contributed by atoms with Gasteiger partial charge in [-0.05, 0) is 28.8 Å². The normalized spacial score (nSPS) is 11.0. The van der Waals surface area contributed by atoms with Crippen LogP contribution in [0.3, 0.4) is 0 Å². The van der Waals surface area contributed by atoms with Gasteiger partial charge < -0.3 is 5.11 Å². The van der Waals surface area contributed by atoms with Gasteiger partial charge in [-0.2, -0.15) is 4.40 Å². The van der Waals surface area contributed by atoms with Gasteiger partial charge in [0, 0.05) is 13.0 Å². The molecule has 0 spiro atoms. The fraction of sp³-hybridized carbons (Fsp3) is 0.143. The summed E-state index contributed by atoms with van der Waals surface area (Å²) in [5.74, 6) is 0.270.